The van der Waals surface area contributed by atoms with E-state index in [-0.39, 0.29) is 0 Å². The highest BCUT2D eigenvalue weighted by Gasteiger charge is 2.15. The third-order valence-electron chi connectivity index (χ3n) is 5.04. The van der Waals surface area contributed by atoms with Gasteiger partial charge in [-0.05, 0) is 36.6 Å². The van der Waals surface area contributed by atoms with Crippen molar-refractivity contribution in [2.75, 3.05) is 10.6 Å². The highest BCUT2D eigenvalue weighted by molar-refractivity contribution is 6.31. The maximum atomic E-state index is 6.28. The van der Waals surface area contributed by atoms with E-state index in [1.165, 1.54) is 32.1 Å². The molecule has 0 aliphatic heterocycles. The normalized spacial score (nSPS) is 14.6. The summed E-state index contributed by atoms with van der Waals surface area (Å²) in [4.78, 5) is 13.7. The van der Waals surface area contributed by atoms with E-state index >= 15 is 0 Å². The summed E-state index contributed by atoms with van der Waals surface area (Å²) >= 11 is 6.28. The van der Waals surface area contributed by atoms with Gasteiger partial charge in [-0.2, -0.15) is 4.98 Å². The molecule has 4 rings (SSSR count). The Morgan fingerprint density at radius 1 is 1.00 bits per heavy atom. The first-order chi connectivity index (χ1) is 13.8. The van der Waals surface area contributed by atoms with E-state index in [0.29, 0.717) is 18.5 Å². The van der Waals surface area contributed by atoms with E-state index in [4.69, 9.17) is 21.6 Å². The van der Waals surface area contributed by atoms with Gasteiger partial charge in [0.05, 0.1) is 5.69 Å². The molecule has 2 aromatic heterocycles. The number of hydrogen-bond acceptors (Lipinski definition) is 5. The lowest BCUT2D eigenvalue weighted by molar-refractivity contribution is 0.461. The summed E-state index contributed by atoms with van der Waals surface area (Å²) in [6.07, 6.45) is 9.77. The molecule has 0 radical (unpaired) electrons. The van der Waals surface area contributed by atoms with E-state index in [1.807, 2.05) is 48.7 Å². The number of pyridine rings is 1. The molecule has 0 amide bonds. The van der Waals surface area contributed by atoms with Crippen molar-refractivity contribution in [3.05, 3.63) is 65.4 Å². The highest BCUT2D eigenvalue weighted by atomic mass is 35.5. The van der Waals surface area contributed by atoms with Crippen LogP contribution in [0, 0.1) is 0 Å². The summed E-state index contributed by atoms with van der Waals surface area (Å²) in [5, 5.41) is 7.67. The molecule has 2 heterocycles. The van der Waals surface area contributed by atoms with E-state index in [9.17, 15) is 0 Å². The lowest BCUT2D eigenvalue weighted by Gasteiger charge is -2.23. The molecule has 0 saturated heterocycles. The third kappa shape index (κ3) is 4.78. The molecule has 0 spiro atoms. The predicted octanol–water partition coefficient (Wildman–Crippen LogP) is 5.55. The largest absolute Gasteiger partial charge is 0.366 e. The lowest BCUT2D eigenvalue weighted by atomic mass is 9.96. The summed E-state index contributed by atoms with van der Waals surface area (Å²) < 4.78 is 0. The lowest BCUT2D eigenvalue weighted by Crippen LogP contribution is -2.23. The fraction of sp³-hybridized carbons (Fsp3) is 0.318. The maximum Gasteiger partial charge on any atom is 0.225 e. The number of nitrogens with one attached hydrogen (secondary N) is 2. The monoisotopic (exact) mass is 393 g/mol. The average Bonchev–Trinajstić information content (AvgIpc) is 2.74. The van der Waals surface area contributed by atoms with Crippen LogP contribution in [0.15, 0.2) is 54.9 Å². The topological polar surface area (TPSA) is 62.7 Å². The van der Waals surface area contributed by atoms with Gasteiger partial charge in [0.1, 0.15) is 5.82 Å². The van der Waals surface area contributed by atoms with Gasteiger partial charge >= 0.3 is 0 Å². The van der Waals surface area contributed by atoms with Crippen LogP contribution < -0.4 is 10.6 Å². The summed E-state index contributed by atoms with van der Waals surface area (Å²) in [7, 11) is 0. The molecule has 1 aromatic carbocycles. The minimum atomic E-state index is 0.439. The minimum absolute atomic E-state index is 0.439. The predicted molar refractivity (Wildman–Crippen MR) is 115 cm³/mol. The molecule has 6 heteroatoms. The number of halogens is 1. The summed E-state index contributed by atoms with van der Waals surface area (Å²) in [5.74, 6) is 1.43. The van der Waals surface area contributed by atoms with Crippen molar-refractivity contribution < 1.29 is 0 Å². The van der Waals surface area contributed by atoms with E-state index in [0.717, 1.165) is 27.7 Å². The Morgan fingerprint density at radius 3 is 2.64 bits per heavy atom. The molecule has 0 atom stereocenters. The van der Waals surface area contributed by atoms with Crippen molar-refractivity contribution in [3.8, 4) is 11.3 Å². The maximum absolute atomic E-state index is 6.28. The molecule has 1 aliphatic carbocycles. The standard InChI is InChI=1S/C22H24ClN5/c23-19-11-5-4-7-16(19)15-25-21-13-20(17-8-6-12-24-14-17)27-22(28-21)26-18-9-2-1-3-10-18/h4-8,11-14,18H,1-3,9-10,15H2,(H2,25,26,27,28). The Balaban J connectivity index is 1.58. The van der Waals surface area contributed by atoms with Crippen LogP contribution >= 0.6 is 11.6 Å². The summed E-state index contributed by atoms with van der Waals surface area (Å²) in [5.41, 5.74) is 2.85. The van der Waals surface area contributed by atoms with Crippen LogP contribution in [-0.2, 0) is 6.54 Å². The first-order valence-corrected chi connectivity index (χ1v) is 10.2. The molecule has 1 aliphatic rings. The van der Waals surface area contributed by atoms with Gasteiger partial charge in [-0.1, -0.05) is 49.1 Å². The van der Waals surface area contributed by atoms with E-state index in [2.05, 4.69) is 15.6 Å². The van der Waals surface area contributed by atoms with Crippen molar-refractivity contribution >= 4 is 23.4 Å². The molecule has 144 valence electrons. The fourth-order valence-electron chi connectivity index (χ4n) is 3.52. The third-order valence-corrected chi connectivity index (χ3v) is 5.41. The number of benzene rings is 1. The molecular formula is C22H24ClN5. The molecular weight excluding hydrogens is 370 g/mol. The Hall–Kier alpha value is -2.66. The van der Waals surface area contributed by atoms with Crippen molar-refractivity contribution in [2.45, 2.75) is 44.7 Å². The quantitative estimate of drug-likeness (QED) is 0.575. The van der Waals surface area contributed by atoms with Gasteiger partial charge in [0.2, 0.25) is 5.95 Å². The van der Waals surface area contributed by atoms with Gasteiger partial charge in [0.25, 0.3) is 0 Å². The number of rotatable bonds is 6. The molecule has 0 unspecified atom stereocenters. The van der Waals surface area contributed by atoms with Crippen LogP contribution in [0.25, 0.3) is 11.3 Å². The molecule has 3 aromatic rings. The zero-order chi connectivity index (χ0) is 19.2. The summed E-state index contributed by atoms with van der Waals surface area (Å²) in [6, 6.07) is 14.2. The molecule has 28 heavy (non-hydrogen) atoms. The fourth-order valence-corrected chi connectivity index (χ4v) is 3.72. The van der Waals surface area contributed by atoms with Crippen molar-refractivity contribution in [1.29, 1.82) is 0 Å². The van der Waals surface area contributed by atoms with E-state index < -0.39 is 0 Å². The second kappa shape index (κ2) is 9.02. The number of nitrogens with zero attached hydrogens (tertiary/aromatic N) is 3. The van der Waals surface area contributed by atoms with E-state index in [1.54, 1.807) is 6.20 Å². The molecule has 5 nitrogen and oxygen atoms in total. The number of hydrogen-bond donors (Lipinski definition) is 2. The van der Waals surface area contributed by atoms with Crippen LogP contribution in [0.1, 0.15) is 37.7 Å². The van der Waals surface area contributed by atoms with Crippen LogP contribution in [0.2, 0.25) is 5.02 Å². The second-order valence-electron chi connectivity index (χ2n) is 7.13. The van der Waals surface area contributed by atoms with Crippen LogP contribution in [0.5, 0.6) is 0 Å². The summed E-state index contributed by atoms with van der Waals surface area (Å²) in [6.45, 7) is 0.603. The molecule has 2 N–H and O–H groups in total. The first-order valence-electron chi connectivity index (χ1n) is 9.81. The molecule has 1 saturated carbocycles. The molecule has 1 fully saturated rings. The average molecular weight is 394 g/mol. The van der Waals surface area contributed by atoms with Crippen molar-refractivity contribution in [1.82, 2.24) is 15.0 Å². The Labute approximate surface area is 170 Å². The van der Waals surface area contributed by atoms with Gasteiger partial charge in [-0.3, -0.25) is 4.98 Å². The molecule has 0 bridgehead atoms. The smallest absolute Gasteiger partial charge is 0.225 e. The van der Waals surface area contributed by atoms with Gasteiger partial charge in [-0.25, -0.2) is 4.98 Å². The minimum Gasteiger partial charge on any atom is -0.366 e. The second-order valence-corrected chi connectivity index (χ2v) is 7.54. The van der Waals surface area contributed by atoms with Crippen LogP contribution in [-0.4, -0.2) is 21.0 Å². The number of aromatic nitrogens is 3. The van der Waals surface area contributed by atoms with Crippen molar-refractivity contribution in [2.24, 2.45) is 0 Å². The van der Waals surface area contributed by atoms with Crippen molar-refractivity contribution in [3.63, 3.8) is 0 Å². The Kier molecular flexibility index (Phi) is 6.02. The van der Waals surface area contributed by atoms with Gasteiger partial charge < -0.3 is 10.6 Å². The highest BCUT2D eigenvalue weighted by Crippen LogP contribution is 2.25. The Morgan fingerprint density at radius 2 is 1.86 bits per heavy atom. The van der Waals surface area contributed by atoms with Gasteiger partial charge in [0, 0.05) is 41.6 Å². The van der Waals surface area contributed by atoms with Crippen LogP contribution in [0.3, 0.4) is 0 Å². The first kappa shape index (κ1) is 18.7. The van der Waals surface area contributed by atoms with Gasteiger partial charge in [-0.15, -0.1) is 0 Å². The number of anilines is 2. The Bertz CT molecular complexity index is 910. The zero-order valence-corrected chi connectivity index (χ0v) is 16.5. The van der Waals surface area contributed by atoms with Gasteiger partial charge in [0.15, 0.2) is 0 Å². The van der Waals surface area contributed by atoms with Crippen LogP contribution in [0.4, 0.5) is 11.8 Å². The SMILES string of the molecule is Clc1ccccc1CNc1cc(-c2cccnc2)nc(NC2CCCCC2)n1. The zero-order valence-electron chi connectivity index (χ0n) is 15.7.